The van der Waals surface area contributed by atoms with E-state index in [0.29, 0.717) is 10.8 Å². The maximum Gasteiger partial charge on any atom is 0.175 e. The summed E-state index contributed by atoms with van der Waals surface area (Å²) in [4.78, 5) is 1.89. The van der Waals surface area contributed by atoms with Crippen LogP contribution < -0.4 is 4.90 Å². The van der Waals surface area contributed by atoms with E-state index in [1.165, 1.54) is 0 Å². The van der Waals surface area contributed by atoms with Gasteiger partial charge in [0.1, 0.15) is 10.7 Å². The van der Waals surface area contributed by atoms with Crippen LogP contribution in [0.1, 0.15) is 0 Å². The largest absolute Gasteiger partial charge is 0.312 e. The minimum Gasteiger partial charge on any atom is -0.312 e. The average molecular weight is 304 g/mol. The maximum absolute atomic E-state index is 11.5. The summed E-state index contributed by atoms with van der Waals surface area (Å²) in [6.07, 6.45) is 6.39. The van der Waals surface area contributed by atoms with Gasteiger partial charge in [0.2, 0.25) is 0 Å². The molecule has 0 N–H and O–H groups in total. The van der Waals surface area contributed by atoms with E-state index >= 15 is 0 Å². The molecule has 1 unspecified atom stereocenters. The first kappa shape index (κ1) is 13.5. The van der Waals surface area contributed by atoms with Crippen LogP contribution in [-0.2, 0) is 9.84 Å². The molecule has 6 heteroatoms. The van der Waals surface area contributed by atoms with Gasteiger partial charge < -0.3 is 4.90 Å². The van der Waals surface area contributed by atoms with Gasteiger partial charge in [-0.05, 0) is 30.4 Å². The van der Waals surface area contributed by atoms with Crippen LogP contribution in [0.3, 0.4) is 0 Å². The lowest BCUT2D eigenvalue weighted by Crippen LogP contribution is -2.28. The average Bonchev–Trinajstić information content (AvgIpc) is 2.28. The second kappa shape index (κ2) is 4.96. The van der Waals surface area contributed by atoms with E-state index in [1.807, 2.05) is 0 Å². The van der Waals surface area contributed by atoms with Crippen LogP contribution in [0.25, 0.3) is 0 Å². The molecule has 1 heterocycles. The number of alkyl halides is 1. The lowest BCUT2D eigenvalue weighted by atomic mass is 10.2. The van der Waals surface area contributed by atoms with Crippen LogP contribution in [0.2, 0.25) is 0 Å². The summed E-state index contributed by atoms with van der Waals surface area (Å²) in [5.74, 6) is 0. The van der Waals surface area contributed by atoms with Crippen molar-refractivity contribution >= 4 is 38.7 Å². The van der Waals surface area contributed by atoms with Crippen molar-refractivity contribution in [2.24, 2.45) is 0 Å². The van der Waals surface area contributed by atoms with Crippen LogP contribution in [0.5, 0.6) is 0 Å². The van der Waals surface area contributed by atoms with Gasteiger partial charge in [0.05, 0.1) is 4.90 Å². The highest BCUT2D eigenvalue weighted by Crippen LogP contribution is 2.30. The Morgan fingerprint density at radius 1 is 1.33 bits per heavy atom. The van der Waals surface area contributed by atoms with E-state index < -0.39 is 15.3 Å². The van der Waals surface area contributed by atoms with Crippen molar-refractivity contribution in [3.8, 4) is 0 Å². The zero-order chi connectivity index (χ0) is 13.3. The second-order valence-electron chi connectivity index (χ2n) is 3.89. The molecule has 96 valence electrons. The highest BCUT2D eigenvalue weighted by Gasteiger charge is 2.20. The Kier molecular flexibility index (Phi) is 3.71. The van der Waals surface area contributed by atoms with Gasteiger partial charge in [-0.2, -0.15) is 0 Å². The molecule has 0 saturated heterocycles. The fraction of sp³-hybridized carbons (Fsp3) is 0.167. The van der Waals surface area contributed by atoms with Gasteiger partial charge in [-0.15, -0.1) is 0 Å². The third-order valence-electron chi connectivity index (χ3n) is 2.50. The molecule has 0 aliphatic carbocycles. The summed E-state index contributed by atoms with van der Waals surface area (Å²) in [7, 11) is -3.25. The van der Waals surface area contributed by atoms with Gasteiger partial charge in [0, 0.05) is 11.9 Å². The van der Waals surface area contributed by atoms with E-state index in [9.17, 15) is 8.42 Å². The number of anilines is 1. The van der Waals surface area contributed by atoms with E-state index in [0.717, 1.165) is 6.26 Å². The Hall–Kier alpha value is -0.970. The monoisotopic (exact) mass is 303 g/mol. The fourth-order valence-corrected chi connectivity index (χ4v) is 2.93. The summed E-state index contributed by atoms with van der Waals surface area (Å²) in [5, 5.41) is 0.447. The van der Waals surface area contributed by atoms with Crippen molar-refractivity contribution in [1.82, 2.24) is 0 Å². The molecule has 3 nitrogen and oxygen atoms in total. The SMILES string of the molecule is CS(=O)(=O)c1cccc(N2C(Cl)=CC=CC2Cl)c1. The third kappa shape index (κ3) is 2.71. The van der Waals surface area contributed by atoms with E-state index in [4.69, 9.17) is 23.2 Å². The first-order chi connectivity index (χ1) is 8.39. The molecule has 0 amide bonds. The van der Waals surface area contributed by atoms with Crippen molar-refractivity contribution in [3.05, 3.63) is 47.6 Å². The lowest BCUT2D eigenvalue weighted by Gasteiger charge is -2.29. The zero-order valence-electron chi connectivity index (χ0n) is 9.55. The van der Waals surface area contributed by atoms with Crippen molar-refractivity contribution in [1.29, 1.82) is 0 Å². The predicted molar refractivity (Wildman–Crippen MR) is 74.7 cm³/mol. The van der Waals surface area contributed by atoms with Crippen molar-refractivity contribution in [2.75, 3.05) is 11.2 Å². The lowest BCUT2D eigenvalue weighted by molar-refractivity contribution is 0.602. The molecule has 2 rings (SSSR count). The van der Waals surface area contributed by atoms with Crippen molar-refractivity contribution in [2.45, 2.75) is 10.4 Å². The quantitative estimate of drug-likeness (QED) is 0.622. The van der Waals surface area contributed by atoms with Crippen LogP contribution in [0.4, 0.5) is 5.69 Å². The van der Waals surface area contributed by atoms with Gasteiger partial charge in [0.15, 0.2) is 9.84 Å². The standard InChI is InChI=1S/C12H11Cl2NO2S/c1-18(16,17)10-5-2-4-9(8-10)15-11(13)6-3-7-12(15)14/h2-8,11H,1H3. The van der Waals surface area contributed by atoms with Crippen LogP contribution in [0, 0.1) is 0 Å². The molecular weight excluding hydrogens is 293 g/mol. The Balaban J connectivity index is 2.46. The minimum absolute atomic E-state index is 0.239. The zero-order valence-corrected chi connectivity index (χ0v) is 11.9. The van der Waals surface area contributed by atoms with E-state index in [2.05, 4.69) is 0 Å². The maximum atomic E-state index is 11.5. The fourth-order valence-electron chi connectivity index (χ4n) is 1.64. The Bertz CT molecular complexity index is 623. The number of rotatable bonds is 2. The molecule has 1 aromatic rings. The molecule has 0 aromatic heterocycles. The molecule has 18 heavy (non-hydrogen) atoms. The normalized spacial score (nSPS) is 19.8. The Morgan fingerprint density at radius 2 is 2.06 bits per heavy atom. The molecule has 1 aliphatic heterocycles. The van der Waals surface area contributed by atoms with E-state index in [-0.39, 0.29) is 4.90 Å². The van der Waals surface area contributed by atoms with Crippen LogP contribution >= 0.6 is 23.2 Å². The molecule has 1 aliphatic rings. The topological polar surface area (TPSA) is 37.4 Å². The van der Waals surface area contributed by atoms with Gasteiger partial charge >= 0.3 is 0 Å². The van der Waals surface area contributed by atoms with Gasteiger partial charge in [-0.25, -0.2) is 8.42 Å². The number of nitrogens with zero attached hydrogens (tertiary/aromatic N) is 1. The number of allylic oxidation sites excluding steroid dienone is 2. The molecule has 1 aromatic carbocycles. The summed E-state index contributed by atoms with van der Waals surface area (Å²) in [5.41, 5.74) is 0.209. The molecule has 0 spiro atoms. The molecular formula is C12H11Cl2NO2S. The van der Waals surface area contributed by atoms with Crippen molar-refractivity contribution < 1.29 is 8.42 Å². The highest BCUT2D eigenvalue weighted by atomic mass is 35.5. The summed E-state index contributed by atoms with van der Waals surface area (Å²) in [6.45, 7) is 0. The Labute approximate surface area is 116 Å². The summed E-state index contributed by atoms with van der Waals surface area (Å²) >= 11 is 12.2. The smallest absolute Gasteiger partial charge is 0.175 e. The molecule has 1 atom stereocenters. The Morgan fingerprint density at radius 3 is 2.67 bits per heavy atom. The molecule has 0 saturated carbocycles. The number of sulfone groups is 1. The number of halogens is 2. The predicted octanol–water partition coefficient (Wildman–Crippen LogP) is 3.11. The van der Waals surface area contributed by atoms with Gasteiger partial charge in [0.25, 0.3) is 0 Å². The summed E-state index contributed by atoms with van der Waals surface area (Å²) in [6, 6.07) is 6.52. The molecule has 0 fully saturated rings. The number of benzene rings is 1. The van der Waals surface area contributed by atoms with Gasteiger partial charge in [-0.1, -0.05) is 35.3 Å². The second-order valence-corrected chi connectivity index (χ2v) is 6.74. The molecule has 0 bridgehead atoms. The minimum atomic E-state index is -3.25. The van der Waals surface area contributed by atoms with E-state index in [1.54, 1.807) is 47.4 Å². The third-order valence-corrected chi connectivity index (χ3v) is 4.26. The van der Waals surface area contributed by atoms with Crippen LogP contribution in [0.15, 0.2) is 52.5 Å². The first-order valence-corrected chi connectivity index (χ1v) is 7.87. The highest BCUT2D eigenvalue weighted by molar-refractivity contribution is 7.90. The first-order valence-electron chi connectivity index (χ1n) is 5.17. The van der Waals surface area contributed by atoms with Crippen LogP contribution in [-0.4, -0.2) is 20.2 Å². The van der Waals surface area contributed by atoms with Gasteiger partial charge in [-0.3, -0.25) is 0 Å². The summed E-state index contributed by atoms with van der Waals surface area (Å²) < 4.78 is 23.0. The van der Waals surface area contributed by atoms with Crippen molar-refractivity contribution in [3.63, 3.8) is 0 Å². The molecule has 0 radical (unpaired) electrons. The number of hydrogen-bond acceptors (Lipinski definition) is 3. The number of hydrogen-bond donors (Lipinski definition) is 0.